The van der Waals surface area contributed by atoms with Gasteiger partial charge in [-0.15, -0.1) is 0 Å². The first-order chi connectivity index (χ1) is 13.6. The molecule has 2 bridgehead atoms. The summed E-state index contributed by atoms with van der Waals surface area (Å²) in [6, 6.07) is 19.7. The number of esters is 1. The van der Waals surface area contributed by atoms with Gasteiger partial charge in [0.15, 0.2) is 0 Å². The molecule has 3 aliphatic heterocycles. The normalized spacial score (nSPS) is 30.1. The second-order valence-electron chi connectivity index (χ2n) is 7.61. The molecular formula is C23H21NO4. The topological polar surface area (TPSA) is 55.8 Å². The van der Waals surface area contributed by atoms with Gasteiger partial charge in [0.1, 0.15) is 11.5 Å². The molecule has 5 rings (SSSR count). The highest BCUT2D eigenvalue weighted by Gasteiger charge is 2.68. The Balaban J connectivity index is 1.58. The summed E-state index contributed by atoms with van der Waals surface area (Å²) in [6.45, 7) is 0.422. The predicted molar refractivity (Wildman–Crippen MR) is 102 cm³/mol. The van der Waals surface area contributed by atoms with Gasteiger partial charge in [0.25, 0.3) is 0 Å². The van der Waals surface area contributed by atoms with Crippen molar-refractivity contribution in [3.8, 4) is 0 Å². The lowest BCUT2D eigenvalue weighted by Gasteiger charge is -2.31. The van der Waals surface area contributed by atoms with Gasteiger partial charge < -0.3 is 14.4 Å². The fraction of sp³-hybridized carbons (Fsp3) is 0.304. The molecule has 0 aromatic heterocycles. The molecule has 1 amide bonds. The van der Waals surface area contributed by atoms with E-state index in [-0.39, 0.29) is 24.0 Å². The molecule has 28 heavy (non-hydrogen) atoms. The minimum absolute atomic E-state index is 0.0556. The minimum Gasteiger partial charge on any atom is -0.469 e. The quantitative estimate of drug-likeness (QED) is 0.609. The number of methoxy groups -OCH3 is 1. The molecular weight excluding hydrogens is 354 g/mol. The van der Waals surface area contributed by atoms with Crippen LogP contribution in [0.15, 0.2) is 72.8 Å². The monoisotopic (exact) mass is 375 g/mol. The number of carbonyl (C=O) groups is 2. The molecule has 142 valence electrons. The van der Waals surface area contributed by atoms with Crippen molar-refractivity contribution in [3.05, 3.63) is 83.9 Å². The number of carbonyl (C=O) groups excluding carboxylic acids is 2. The first kappa shape index (κ1) is 17.2. The summed E-state index contributed by atoms with van der Waals surface area (Å²) in [5.41, 5.74) is 1.32. The average Bonchev–Trinajstić information content (AvgIpc) is 3.38. The van der Waals surface area contributed by atoms with Crippen LogP contribution in [0.4, 0.5) is 0 Å². The Labute approximate surface area is 163 Å². The summed E-state index contributed by atoms with van der Waals surface area (Å²) in [5.74, 6) is -1.56. The molecule has 3 aliphatic rings. The van der Waals surface area contributed by atoms with E-state index >= 15 is 0 Å². The molecule has 4 unspecified atom stereocenters. The van der Waals surface area contributed by atoms with E-state index in [1.807, 2.05) is 77.7 Å². The van der Waals surface area contributed by atoms with E-state index in [0.717, 1.165) is 11.1 Å². The molecule has 4 atom stereocenters. The Morgan fingerprint density at radius 2 is 1.71 bits per heavy atom. The van der Waals surface area contributed by atoms with Crippen LogP contribution in [0.2, 0.25) is 0 Å². The van der Waals surface area contributed by atoms with Crippen molar-refractivity contribution in [3.63, 3.8) is 0 Å². The van der Waals surface area contributed by atoms with E-state index in [1.54, 1.807) is 0 Å². The third kappa shape index (κ3) is 2.36. The minimum atomic E-state index is -0.748. The summed E-state index contributed by atoms with van der Waals surface area (Å²) >= 11 is 0. The van der Waals surface area contributed by atoms with Crippen molar-refractivity contribution in [2.45, 2.75) is 17.7 Å². The van der Waals surface area contributed by atoms with Crippen molar-refractivity contribution in [1.29, 1.82) is 0 Å². The highest BCUT2D eigenvalue weighted by Crippen LogP contribution is 2.54. The maximum atomic E-state index is 13.6. The number of rotatable bonds is 4. The molecule has 0 aliphatic carbocycles. The third-order valence-corrected chi connectivity index (χ3v) is 6.15. The zero-order chi connectivity index (χ0) is 19.3. The van der Waals surface area contributed by atoms with Crippen LogP contribution >= 0.6 is 0 Å². The molecule has 2 aromatic rings. The second kappa shape index (κ2) is 6.31. The molecule has 1 spiro atoms. The summed E-state index contributed by atoms with van der Waals surface area (Å²) in [4.78, 5) is 27.9. The summed E-state index contributed by atoms with van der Waals surface area (Å²) < 4.78 is 11.1. The molecule has 2 aromatic carbocycles. The van der Waals surface area contributed by atoms with Gasteiger partial charge in [-0.25, -0.2) is 0 Å². The number of fused-ring (bicyclic) bond motifs is 1. The van der Waals surface area contributed by atoms with E-state index in [2.05, 4.69) is 0 Å². The number of benzene rings is 2. The van der Waals surface area contributed by atoms with Gasteiger partial charge in [-0.3, -0.25) is 9.59 Å². The number of likely N-dealkylation sites (tertiary alicyclic amines) is 1. The van der Waals surface area contributed by atoms with E-state index in [9.17, 15) is 9.59 Å². The van der Waals surface area contributed by atoms with Gasteiger partial charge in [0.05, 0.1) is 31.7 Å². The first-order valence-electron chi connectivity index (χ1n) is 9.50. The standard InChI is InChI=1S/C23H21NO4/c1-27-22(26)18-17-12-13-23(28-17)14-24(21(25)19(18)23)20(15-8-4-2-5-9-15)16-10-6-3-7-11-16/h2-13,17-20H,14H2,1H3. The number of hydrogen-bond donors (Lipinski definition) is 0. The molecule has 0 saturated carbocycles. The average molecular weight is 375 g/mol. The van der Waals surface area contributed by atoms with Crippen molar-refractivity contribution in [1.82, 2.24) is 4.90 Å². The van der Waals surface area contributed by atoms with Crippen LogP contribution in [0.25, 0.3) is 0 Å². The lowest BCUT2D eigenvalue weighted by atomic mass is 9.77. The SMILES string of the molecule is COC(=O)C1C2C=CC3(CN(C(c4ccccc4)c4ccccc4)C(=O)C13)O2. The fourth-order valence-electron chi connectivity index (χ4n) is 4.97. The lowest BCUT2D eigenvalue weighted by Crippen LogP contribution is -2.40. The fourth-order valence-corrected chi connectivity index (χ4v) is 4.97. The van der Waals surface area contributed by atoms with Crippen LogP contribution in [0.1, 0.15) is 17.2 Å². The molecule has 0 radical (unpaired) electrons. The van der Waals surface area contributed by atoms with Crippen LogP contribution < -0.4 is 0 Å². The Morgan fingerprint density at radius 1 is 1.11 bits per heavy atom. The molecule has 5 heteroatoms. The van der Waals surface area contributed by atoms with Crippen LogP contribution in [0.5, 0.6) is 0 Å². The van der Waals surface area contributed by atoms with Crippen molar-refractivity contribution < 1.29 is 19.1 Å². The van der Waals surface area contributed by atoms with Crippen molar-refractivity contribution in [2.24, 2.45) is 11.8 Å². The largest absolute Gasteiger partial charge is 0.469 e. The molecule has 3 heterocycles. The number of amides is 1. The van der Waals surface area contributed by atoms with E-state index in [1.165, 1.54) is 7.11 Å². The Hall–Kier alpha value is -2.92. The van der Waals surface area contributed by atoms with E-state index in [0.29, 0.717) is 6.54 Å². The van der Waals surface area contributed by atoms with Gasteiger partial charge in [-0.1, -0.05) is 72.8 Å². The van der Waals surface area contributed by atoms with Gasteiger partial charge in [-0.2, -0.15) is 0 Å². The van der Waals surface area contributed by atoms with Crippen LogP contribution in [-0.4, -0.2) is 42.1 Å². The predicted octanol–water partition coefficient (Wildman–Crippen LogP) is 2.73. The van der Waals surface area contributed by atoms with Gasteiger partial charge in [0, 0.05) is 0 Å². The molecule has 2 fully saturated rings. The lowest BCUT2D eigenvalue weighted by molar-refractivity contribution is -0.151. The Kier molecular flexibility index (Phi) is 3.88. The first-order valence-corrected chi connectivity index (χ1v) is 9.50. The zero-order valence-electron chi connectivity index (χ0n) is 15.5. The highest BCUT2D eigenvalue weighted by atomic mass is 16.5. The summed E-state index contributed by atoms with van der Waals surface area (Å²) in [5, 5.41) is 0. The van der Waals surface area contributed by atoms with E-state index < -0.39 is 17.4 Å². The number of hydrogen-bond acceptors (Lipinski definition) is 4. The Morgan fingerprint density at radius 3 is 2.29 bits per heavy atom. The maximum absolute atomic E-state index is 13.6. The van der Waals surface area contributed by atoms with Crippen LogP contribution in [0.3, 0.4) is 0 Å². The smallest absolute Gasteiger partial charge is 0.312 e. The van der Waals surface area contributed by atoms with Gasteiger partial charge in [-0.05, 0) is 11.1 Å². The molecule has 5 nitrogen and oxygen atoms in total. The zero-order valence-corrected chi connectivity index (χ0v) is 15.5. The molecule has 0 N–H and O–H groups in total. The highest BCUT2D eigenvalue weighted by molar-refractivity contribution is 5.91. The van der Waals surface area contributed by atoms with Crippen molar-refractivity contribution >= 4 is 11.9 Å². The van der Waals surface area contributed by atoms with Crippen LogP contribution in [-0.2, 0) is 19.1 Å². The van der Waals surface area contributed by atoms with Gasteiger partial charge >= 0.3 is 5.97 Å². The van der Waals surface area contributed by atoms with Crippen LogP contribution in [0, 0.1) is 11.8 Å². The second-order valence-corrected chi connectivity index (χ2v) is 7.61. The van der Waals surface area contributed by atoms with E-state index in [4.69, 9.17) is 9.47 Å². The number of nitrogens with zero attached hydrogens (tertiary/aromatic N) is 1. The Bertz CT molecular complexity index is 902. The summed E-state index contributed by atoms with van der Waals surface area (Å²) in [7, 11) is 1.36. The maximum Gasteiger partial charge on any atom is 0.312 e. The van der Waals surface area contributed by atoms with Gasteiger partial charge in [0.2, 0.25) is 5.91 Å². The van der Waals surface area contributed by atoms with Crippen molar-refractivity contribution in [2.75, 3.05) is 13.7 Å². The molecule has 2 saturated heterocycles. The number of ether oxygens (including phenoxy) is 2. The summed E-state index contributed by atoms with van der Waals surface area (Å²) in [6.07, 6.45) is 3.48. The third-order valence-electron chi connectivity index (χ3n) is 6.15.